The molecule has 1 amide bonds. The summed E-state index contributed by atoms with van der Waals surface area (Å²) in [7, 11) is 1.72. The van der Waals surface area contributed by atoms with Gasteiger partial charge in [0.25, 0.3) is 0 Å². The number of aromatic carboxylic acids is 1. The lowest BCUT2D eigenvalue weighted by Crippen LogP contribution is -2.28. The fourth-order valence-corrected chi connectivity index (χ4v) is 3.17. The number of carbonyl (C=O) groups is 2. The number of nitrogens with zero attached hydrogens (tertiary/aromatic N) is 2. The van der Waals surface area contributed by atoms with Crippen molar-refractivity contribution in [1.29, 1.82) is 0 Å². The van der Waals surface area contributed by atoms with Gasteiger partial charge >= 0.3 is 5.97 Å². The van der Waals surface area contributed by atoms with E-state index in [-0.39, 0.29) is 24.0 Å². The van der Waals surface area contributed by atoms with Gasteiger partial charge in [-0.05, 0) is 31.5 Å². The summed E-state index contributed by atoms with van der Waals surface area (Å²) in [6.07, 6.45) is 0.104. The Labute approximate surface area is 151 Å². The van der Waals surface area contributed by atoms with E-state index in [2.05, 4.69) is 4.98 Å². The minimum Gasteiger partial charge on any atom is -0.478 e. The van der Waals surface area contributed by atoms with E-state index in [9.17, 15) is 9.59 Å². The van der Waals surface area contributed by atoms with Crippen LogP contribution in [0.4, 0.5) is 0 Å². The number of thiazole rings is 1. The highest BCUT2D eigenvalue weighted by Gasteiger charge is 2.15. The van der Waals surface area contributed by atoms with Gasteiger partial charge in [-0.15, -0.1) is 11.3 Å². The Kier molecular flexibility index (Phi) is 6.66. The molecular formula is C18H22N2O4S. The number of likely N-dealkylation sites (N-methyl/N-ethyl adjacent to an activating group) is 1. The number of carboxylic acids is 1. The average molecular weight is 362 g/mol. The van der Waals surface area contributed by atoms with Crippen molar-refractivity contribution in [1.82, 2.24) is 9.88 Å². The number of amides is 1. The summed E-state index contributed by atoms with van der Waals surface area (Å²) in [4.78, 5) is 29.5. The molecule has 0 fully saturated rings. The predicted octanol–water partition coefficient (Wildman–Crippen LogP) is 3.14. The third-order valence-corrected chi connectivity index (χ3v) is 4.74. The largest absolute Gasteiger partial charge is 0.478 e. The molecule has 0 aliphatic rings. The Bertz CT molecular complexity index is 744. The number of rotatable bonds is 8. The highest BCUT2D eigenvalue weighted by molar-refractivity contribution is 7.09. The zero-order chi connectivity index (χ0) is 18.4. The molecule has 134 valence electrons. The molecule has 0 saturated heterocycles. The van der Waals surface area contributed by atoms with Crippen LogP contribution in [0.1, 0.15) is 46.6 Å². The Hall–Kier alpha value is -2.25. The molecule has 6 nitrogen and oxygen atoms in total. The third kappa shape index (κ3) is 5.37. The second-order valence-electron chi connectivity index (χ2n) is 5.71. The van der Waals surface area contributed by atoms with Crippen LogP contribution in [-0.2, 0) is 22.5 Å². The first-order chi connectivity index (χ1) is 11.9. The first-order valence-electron chi connectivity index (χ1n) is 8.02. The minimum absolute atomic E-state index is 0.0523. The number of carbonyl (C=O) groups excluding carboxylic acids is 1. The van der Waals surface area contributed by atoms with Gasteiger partial charge in [0.05, 0.1) is 24.2 Å². The fourth-order valence-electron chi connectivity index (χ4n) is 2.36. The van der Waals surface area contributed by atoms with E-state index in [1.165, 1.54) is 23.5 Å². The summed E-state index contributed by atoms with van der Waals surface area (Å²) in [5, 5.41) is 11.8. The zero-order valence-corrected chi connectivity index (χ0v) is 15.4. The molecular weight excluding hydrogens is 340 g/mol. The summed E-state index contributed by atoms with van der Waals surface area (Å²) >= 11 is 1.52. The molecule has 1 N–H and O–H groups in total. The van der Waals surface area contributed by atoms with Gasteiger partial charge in [0, 0.05) is 19.0 Å². The van der Waals surface area contributed by atoms with E-state index in [4.69, 9.17) is 9.84 Å². The summed E-state index contributed by atoms with van der Waals surface area (Å²) < 4.78 is 5.52. The molecule has 0 radical (unpaired) electrons. The molecule has 1 aromatic heterocycles. The lowest BCUT2D eigenvalue weighted by Gasteiger charge is -2.16. The molecule has 25 heavy (non-hydrogen) atoms. The van der Waals surface area contributed by atoms with Crippen LogP contribution in [-0.4, -0.2) is 40.5 Å². The van der Waals surface area contributed by atoms with Gasteiger partial charge in [-0.2, -0.15) is 0 Å². The van der Waals surface area contributed by atoms with Crippen molar-refractivity contribution in [2.24, 2.45) is 0 Å². The van der Waals surface area contributed by atoms with Gasteiger partial charge < -0.3 is 14.7 Å². The minimum atomic E-state index is -0.999. The summed E-state index contributed by atoms with van der Waals surface area (Å²) in [6.45, 7) is 4.93. The van der Waals surface area contributed by atoms with Crippen molar-refractivity contribution in [3.05, 3.63) is 51.5 Å². The fraction of sp³-hybridized carbons (Fsp3) is 0.389. The van der Waals surface area contributed by atoms with Crippen LogP contribution in [0.2, 0.25) is 0 Å². The average Bonchev–Trinajstić information content (AvgIpc) is 3.04. The highest BCUT2D eigenvalue weighted by atomic mass is 32.1. The van der Waals surface area contributed by atoms with Crippen LogP contribution < -0.4 is 0 Å². The maximum Gasteiger partial charge on any atom is 0.335 e. The number of aromatic nitrogens is 1. The molecule has 0 spiro atoms. The highest BCUT2D eigenvalue weighted by Crippen LogP contribution is 2.21. The van der Waals surface area contributed by atoms with Crippen molar-refractivity contribution in [2.75, 3.05) is 13.7 Å². The number of carboxylic acid groups (broad SMARTS) is 1. The lowest BCUT2D eigenvalue weighted by molar-refractivity contribution is -0.129. The van der Waals surface area contributed by atoms with E-state index >= 15 is 0 Å². The second-order valence-corrected chi connectivity index (χ2v) is 6.60. The molecule has 7 heteroatoms. The molecule has 1 heterocycles. The van der Waals surface area contributed by atoms with Gasteiger partial charge in [-0.1, -0.05) is 12.1 Å². The Morgan fingerprint density at radius 3 is 2.84 bits per heavy atom. The Morgan fingerprint density at radius 2 is 2.16 bits per heavy atom. The number of hydrogen-bond acceptors (Lipinski definition) is 5. The van der Waals surface area contributed by atoms with Gasteiger partial charge in [-0.25, -0.2) is 9.78 Å². The Balaban J connectivity index is 1.96. The lowest BCUT2D eigenvalue weighted by atomic mass is 10.1. The molecule has 2 aromatic rings. The molecule has 1 aromatic carbocycles. The van der Waals surface area contributed by atoms with E-state index in [0.717, 1.165) is 10.7 Å². The van der Waals surface area contributed by atoms with Crippen LogP contribution in [0, 0.1) is 0 Å². The second kappa shape index (κ2) is 8.73. The van der Waals surface area contributed by atoms with E-state index < -0.39 is 5.97 Å². The number of hydrogen-bond donors (Lipinski definition) is 1. The topological polar surface area (TPSA) is 79.7 Å². The van der Waals surface area contributed by atoms with Crippen molar-refractivity contribution in [3.8, 4) is 0 Å². The molecule has 0 aliphatic carbocycles. The molecule has 0 aliphatic heterocycles. The first-order valence-corrected chi connectivity index (χ1v) is 8.90. The van der Waals surface area contributed by atoms with E-state index in [1.54, 1.807) is 24.1 Å². The summed E-state index contributed by atoms with van der Waals surface area (Å²) in [5.74, 6) is -1.09. The van der Waals surface area contributed by atoms with Gasteiger partial charge in [0.15, 0.2) is 0 Å². The quantitative estimate of drug-likeness (QED) is 0.780. The standard InChI is InChI=1S/C18H22N2O4S/c1-4-24-12(2)17-19-15(11-25-17)10-20(3)16(21)9-13-6-5-7-14(8-13)18(22)23/h5-8,11-12H,4,9-10H2,1-3H3,(H,22,23). The maximum absolute atomic E-state index is 12.4. The summed E-state index contributed by atoms with van der Waals surface area (Å²) in [5.41, 5.74) is 1.68. The van der Waals surface area contributed by atoms with Crippen LogP contribution in [0.15, 0.2) is 29.6 Å². The van der Waals surface area contributed by atoms with Crippen LogP contribution in [0.3, 0.4) is 0 Å². The molecule has 0 bridgehead atoms. The smallest absolute Gasteiger partial charge is 0.335 e. The number of ether oxygens (including phenoxy) is 1. The van der Waals surface area contributed by atoms with Crippen molar-refractivity contribution >= 4 is 23.2 Å². The van der Waals surface area contributed by atoms with Gasteiger partial charge in [-0.3, -0.25) is 4.79 Å². The van der Waals surface area contributed by atoms with Crippen molar-refractivity contribution < 1.29 is 19.4 Å². The van der Waals surface area contributed by atoms with E-state index in [1.807, 2.05) is 19.2 Å². The van der Waals surface area contributed by atoms with E-state index in [0.29, 0.717) is 18.7 Å². The SMILES string of the molecule is CCOC(C)c1nc(CN(C)C(=O)Cc2cccc(C(=O)O)c2)cs1. The number of benzene rings is 1. The summed E-state index contributed by atoms with van der Waals surface area (Å²) in [6, 6.07) is 6.44. The van der Waals surface area contributed by atoms with Crippen LogP contribution in [0.5, 0.6) is 0 Å². The predicted molar refractivity (Wildman–Crippen MR) is 95.7 cm³/mol. The zero-order valence-electron chi connectivity index (χ0n) is 14.6. The van der Waals surface area contributed by atoms with Crippen LogP contribution in [0.25, 0.3) is 0 Å². The van der Waals surface area contributed by atoms with Gasteiger partial charge in [0.2, 0.25) is 5.91 Å². The molecule has 0 saturated carbocycles. The van der Waals surface area contributed by atoms with Crippen LogP contribution >= 0.6 is 11.3 Å². The molecule has 1 unspecified atom stereocenters. The van der Waals surface area contributed by atoms with Gasteiger partial charge in [0.1, 0.15) is 11.1 Å². The maximum atomic E-state index is 12.4. The van der Waals surface area contributed by atoms with Crippen molar-refractivity contribution in [3.63, 3.8) is 0 Å². The Morgan fingerprint density at radius 1 is 1.40 bits per heavy atom. The molecule has 1 atom stereocenters. The monoisotopic (exact) mass is 362 g/mol. The van der Waals surface area contributed by atoms with Crippen molar-refractivity contribution in [2.45, 2.75) is 32.9 Å². The third-order valence-electron chi connectivity index (χ3n) is 3.69. The molecule has 2 rings (SSSR count). The first kappa shape index (κ1) is 19.1. The normalized spacial score (nSPS) is 12.0.